The van der Waals surface area contributed by atoms with Gasteiger partial charge < -0.3 is 8.92 Å². The fraction of sp³-hybridized carbons (Fsp3) is 0.0952. The summed E-state index contributed by atoms with van der Waals surface area (Å²) in [7, 11) is -4.44. The molecule has 0 spiro atoms. The molecule has 0 aliphatic rings. The van der Waals surface area contributed by atoms with Gasteiger partial charge in [-0.3, -0.25) is 35.8 Å². The van der Waals surface area contributed by atoms with E-state index >= 15 is 0 Å². The van der Waals surface area contributed by atoms with Gasteiger partial charge in [0.25, 0.3) is 11.4 Å². The third-order valence-corrected chi connectivity index (χ3v) is 5.80. The van der Waals surface area contributed by atoms with Crippen molar-refractivity contribution in [2.75, 3.05) is 12.0 Å². The molecule has 0 heterocycles. The molecular formula is C21H17N5O10S. The van der Waals surface area contributed by atoms with Crippen molar-refractivity contribution in [1.82, 2.24) is 0 Å². The number of rotatable bonds is 11. The van der Waals surface area contributed by atoms with Gasteiger partial charge >= 0.3 is 15.8 Å². The summed E-state index contributed by atoms with van der Waals surface area (Å²) < 4.78 is 35.9. The first-order chi connectivity index (χ1) is 17.5. The van der Waals surface area contributed by atoms with Crippen LogP contribution in [0.25, 0.3) is 0 Å². The van der Waals surface area contributed by atoms with Gasteiger partial charge in [-0.25, -0.2) is 0 Å². The Kier molecular flexibility index (Phi) is 7.93. The monoisotopic (exact) mass is 531 g/mol. The Bertz CT molecular complexity index is 1510. The molecule has 0 saturated heterocycles. The van der Waals surface area contributed by atoms with Crippen molar-refractivity contribution in [3.8, 4) is 11.5 Å². The quantitative estimate of drug-likeness (QED) is 0.162. The normalized spacial score (nSPS) is 11.2. The number of hydrogen-bond donors (Lipinski definition) is 1. The van der Waals surface area contributed by atoms with Crippen LogP contribution >= 0.6 is 0 Å². The lowest BCUT2D eigenvalue weighted by Gasteiger charge is -2.12. The van der Waals surface area contributed by atoms with Gasteiger partial charge in [0.2, 0.25) is 0 Å². The number of nitrogens with zero attached hydrogens (tertiary/aromatic N) is 4. The molecule has 3 aromatic rings. The Morgan fingerprint density at radius 1 is 0.892 bits per heavy atom. The number of benzene rings is 3. The van der Waals surface area contributed by atoms with Crippen molar-refractivity contribution in [2.24, 2.45) is 5.10 Å². The smallest absolute Gasteiger partial charge is 0.339 e. The molecule has 0 fully saturated rings. The van der Waals surface area contributed by atoms with E-state index in [0.717, 1.165) is 36.4 Å². The average Bonchev–Trinajstić information content (AvgIpc) is 2.85. The van der Waals surface area contributed by atoms with E-state index in [2.05, 4.69) is 10.5 Å². The molecule has 0 unspecified atom stereocenters. The molecule has 0 aromatic heterocycles. The minimum Gasteiger partial charge on any atom is -0.490 e. The summed E-state index contributed by atoms with van der Waals surface area (Å²) in [6.07, 6.45) is 1.24. The van der Waals surface area contributed by atoms with Gasteiger partial charge in [-0.2, -0.15) is 13.5 Å². The molecule has 1 N–H and O–H groups in total. The summed E-state index contributed by atoms with van der Waals surface area (Å²) in [6, 6.07) is 11.4. The predicted octanol–water partition coefficient (Wildman–Crippen LogP) is 4.02. The highest BCUT2D eigenvalue weighted by atomic mass is 32.2. The molecule has 0 amide bonds. The van der Waals surface area contributed by atoms with E-state index in [1.54, 1.807) is 6.92 Å². The highest BCUT2D eigenvalue weighted by Gasteiger charge is 2.22. The lowest BCUT2D eigenvalue weighted by molar-refractivity contribution is -0.393. The fourth-order valence-electron chi connectivity index (χ4n) is 2.92. The zero-order valence-corrected chi connectivity index (χ0v) is 19.7. The Balaban J connectivity index is 1.84. The second-order valence-electron chi connectivity index (χ2n) is 7.02. The van der Waals surface area contributed by atoms with Crippen molar-refractivity contribution >= 4 is 39.1 Å². The number of ether oxygens (including phenoxy) is 1. The highest BCUT2D eigenvalue weighted by Crippen LogP contribution is 2.32. The van der Waals surface area contributed by atoms with Gasteiger partial charge in [-0.05, 0) is 42.8 Å². The van der Waals surface area contributed by atoms with Crippen molar-refractivity contribution < 1.29 is 32.1 Å². The molecule has 16 heteroatoms. The molecule has 3 rings (SSSR count). The summed E-state index contributed by atoms with van der Waals surface area (Å²) in [5, 5.41) is 36.9. The number of hydrazone groups is 1. The first kappa shape index (κ1) is 26.5. The van der Waals surface area contributed by atoms with Crippen LogP contribution in [-0.4, -0.2) is 36.0 Å². The van der Waals surface area contributed by atoms with E-state index in [0.29, 0.717) is 5.56 Å². The predicted molar refractivity (Wildman–Crippen MR) is 129 cm³/mol. The van der Waals surface area contributed by atoms with E-state index in [9.17, 15) is 38.8 Å². The Morgan fingerprint density at radius 2 is 1.59 bits per heavy atom. The van der Waals surface area contributed by atoms with Gasteiger partial charge in [-0.15, -0.1) is 0 Å². The molecule has 0 radical (unpaired) electrons. The highest BCUT2D eigenvalue weighted by molar-refractivity contribution is 7.87. The SMILES string of the molecule is CCOc1cc(/C=N\Nc2ccc([N+](=O)[O-])cc2[N+](=O)[O-])ccc1OS(=O)(=O)c1cccc([N+](=O)[O-])c1. The van der Waals surface area contributed by atoms with Crippen LogP contribution in [0.1, 0.15) is 12.5 Å². The summed E-state index contributed by atoms with van der Waals surface area (Å²) >= 11 is 0. The largest absolute Gasteiger partial charge is 0.490 e. The maximum absolute atomic E-state index is 12.7. The van der Waals surface area contributed by atoms with Crippen molar-refractivity contribution in [1.29, 1.82) is 0 Å². The van der Waals surface area contributed by atoms with Crippen molar-refractivity contribution in [3.05, 3.63) is 96.6 Å². The van der Waals surface area contributed by atoms with Gasteiger partial charge in [0.15, 0.2) is 11.5 Å². The van der Waals surface area contributed by atoms with Crippen molar-refractivity contribution in [2.45, 2.75) is 11.8 Å². The number of hydrogen-bond acceptors (Lipinski definition) is 12. The van der Waals surface area contributed by atoms with Crippen LogP contribution in [-0.2, 0) is 10.1 Å². The standard InChI is InChI=1S/C21H17N5O10S/c1-2-35-21-10-14(13-22-23-18-8-7-16(25(29)30)12-19(18)26(31)32)6-9-20(21)36-37(33,34)17-5-3-4-15(11-17)24(27)28/h3-13,23H,2H2,1H3/b22-13-. The van der Waals surface area contributed by atoms with Crippen LogP contribution in [0.2, 0.25) is 0 Å². The van der Waals surface area contributed by atoms with Gasteiger partial charge in [0.05, 0.1) is 33.7 Å². The maximum atomic E-state index is 12.7. The first-order valence-corrected chi connectivity index (χ1v) is 11.6. The van der Waals surface area contributed by atoms with Crippen LogP contribution in [0.4, 0.5) is 22.7 Å². The minimum atomic E-state index is -4.44. The van der Waals surface area contributed by atoms with Gasteiger partial charge in [0, 0.05) is 18.2 Å². The van der Waals surface area contributed by atoms with Crippen LogP contribution in [0.5, 0.6) is 11.5 Å². The second-order valence-corrected chi connectivity index (χ2v) is 8.56. The Hall–Kier alpha value is -5.12. The first-order valence-electron chi connectivity index (χ1n) is 10.2. The van der Waals surface area contributed by atoms with Crippen LogP contribution in [0.15, 0.2) is 70.7 Å². The van der Waals surface area contributed by atoms with E-state index in [1.807, 2.05) is 0 Å². The van der Waals surface area contributed by atoms with Gasteiger partial charge in [-0.1, -0.05) is 6.07 Å². The van der Waals surface area contributed by atoms with Gasteiger partial charge in [0.1, 0.15) is 10.6 Å². The van der Waals surface area contributed by atoms with E-state index in [1.165, 1.54) is 30.5 Å². The van der Waals surface area contributed by atoms with Crippen LogP contribution in [0, 0.1) is 30.3 Å². The van der Waals surface area contributed by atoms with E-state index in [4.69, 9.17) is 8.92 Å². The number of non-ortho nitro benzene ring substituents is 2. The van der Waals surface area contributed by atoms with E-state index < -0.39 is 46.8 Å². The number of nitro groups is 3. The molecule has 0 aliphatic heterocycles. The molecule has 15 nitrogen and oxygen atoms in total. The third-order valence-electron chi connectivity index (χ3n) is 4.57. The minimum absolute atomic E-state index is 0.0155. The topological polar surface area (TPSA) is 206 Å². The Morgan fingerprint density at radius 3 is 2.24 bits per heavy atom. The number of nitrogens with one attached hydrogen (secondary N) is 1. The number of anilines is 1. The van der Waals surface area contributed by atoms with Crippen LogP contribution < -0.4 is 14.3 Å². The van der Waals surface area contributed by atoms with E-state index in [-0.39, 0.29) is 23.8 Å². The summed E-state index contributed by atoms with van der Waals surface area (Å²) in [6.45, 7) is 1.79. The van der Waals surface area contributed by atoms with Crippen LogP contribution in [0.3, 0.4) is 0 Å². The maximum Gasteiger partial charge on any atom is 0.339 e. The summed E-state index contributed by atoms with van der Waals surface area (Å²) in [4.78, 5) is 30.3. The summed E-state index contributed by atoms with van der Waals surface area (Å²) in [5.74, 6) is -0.175. The zero-order valence-electron chi connectivity index (χ0n) is 18.8. The average molecular weight is 531 g/mol. The lowest BCUT2D eigenvalue weighted by atomic mass is 10.2. The van der Waals surface area contributed by atoms with Crippen molar-refractivity contribution in [3.63, 3.8) is 0 Å². The molecule has 0 atom stereocenters. The molecule has 0 bridgehead atoms. The molecule has 0 saturated carbocycles. The number of nitro benzene ring substituents is 3. The molecule has 37 heavy (non-hydrogen) atoms. The summed E-state index contributed by atoms with van der Waals surface area (Å²) in [5.41, 5.74) is 1.26. The molecule has 192 valence electrons. The third kappa shape index (κ3) is 6.51. The lowest BCUT2D eigenvalue weighted by Crippen LogP contribution is -2.11. The Labute approximate surface area is 208 Å². The second kappa shape index (κ2) is 11.1. The molecule has 3 aromatic carbocycles. The fourth-order valence-corrected chi connectivity index (χ4v) is 3.90. The molecular weight excluding hydrogens is 514 g/mol. The zero-order chi connectivity index (χ0) is 27.2. The molecule has 0 aliphatic carbocycles.